The number of nitrogens with one attached hydrogen (secondary N) is 2. The predicted molar refractivity (Wildman–Crippen MR) is 84.6 cm³/mol. The first-order chi connectivity index (χ1) is 11.5. The van der Waals surface area contributed by atoms with Gasteiger partial charge in [0.15, 0.2) is 5.96 Å². The summed E-state index contributed by atoms with van der Waals surface area (Å²) in [6, 6.07) is 6.45. The van der Waals surface area contributed by atoms with E-state index in [1.807, 2.05) is 0 Å². The molecule has 0 unspecified atom stereocenters. The molecule has 0 aromatic heterocycles. The molecule has 2 N–H and O–H groups in total. The fourth-order valence-corrected chi connectivity index (χ4v) is 2.13. The van der Waals surface area contributed by atoms with Crippen LogP contribution in [0, 0.1) is 23.3 Å². The standard InChI is InChI=1S/C17H17F4N3/c1-22-17(24-10-12-9-14(19)3-5-16(12)21)23-7-6-11-8-13(18)2-4-15(11)20/h2-5,8-9H,6-7,10H2,1H3,(H2,22,23,24). The van der Waals surface area contributed by atoms with Gasteiger partial charge < -0.3 is 10.6 Å². The molecule has 7 heteroatoms. The summed E-state index contributed by atoms with van der Waals surface area (Å²) < 4.78 is 53.2. The van der Waals surface area contributed by atoms with Gasteiger partial charge in [0.1, 0.15) is 23.3 Å². The molecule has 0 heterocycles. The van der Waals surface area contributed by atoms with Crippen molar-refractivity contribution >= 4 is 5.96 Å². The average Bonchev–Trinajstić information content (AvgIpc) is 2.56. The molecule has 0 atom stereocenters. The molecule has 0 bridgehead atoms. The molecule has 0 aliphatic heterocycles. The largest absolute Gasteiger partial charge is 0.356 e. The highest BCUT2D eigenvalue weighted by Gasteiger charge is 2.07. The molecule has 2 aromatic rings. The van der Waals surface area contributed by atoms with E-state index >= 15 is 0 Å². The zero-order valence-electron chi connectivity index (χ0n) is 13.0. The van der Waals surface area contributed by atoms with Gasteiger partial charge in [0.2, 0.25) is 0 Å². The number of benzene rings is 2. The van der Waals surface area contributed by atoms with Crippen LogP contribution in [0.15, 0.2) is 41.4 Å². The molecule has 0 aliphatic rings. The Morgan fingerprint density at radius 3 is 2.08 bits per heavy atom. The molecule has 128 valence electrons. The summed E-state index contributed by atoms with van der Waals surface area (Å²) >= 11 is 0. The number of hydrogen-bond acceptors (Lipinski definition) is 1. The smallest absolute Gasteiger partial charge is 0.191 e. The maximum absolute atomic E-state index is 13.5. The van der Waals surface area contributed by atoms with Crippen molar-refractivity contribution < 1.29 is 17.6 Å². The van der Waals surface area contributed by atoms with Crippen molar-refractivity contribution in [3.05, 3.63) is 70.8 Å². The Bertz CT molecular complexity index is 732. The van der Waals surface area contributed by atoms with Crippen molar-refractivity contribution in [2.24, 2.45) is 4.99 Å². The van der Waals surface area contributed by atoms with E-state index in [0.29, 0.717) is 12.5 Å². The first-order valence-corrected chi connectivity index (χ1v) is 7.32. The van der Waals surface area contributed by atoms with Crippen LogP contribution in [0.1, 0.15) is 11.1 Å². The normalized spacial score (nSPS) is 11.5. The highest BCUT2D eigenvalue weighted by atomic mass is 19.1. The van der Waals surface area contributed by atoms with E-state index in [1.54, 1.807) is 0 Å². The van der Waals surface area contributed by atoms with Gasteiger partial charge in [-0.2, -0.15) is 0 Å². The highest BCUT2D eigenvalue weighted by Crippen LogP contribution is 2.10. The van der Waals surface area contributed by atoms with E-state index in [9.17, 15) is 17.6 Å². The van der Waals surface area contributed by atoms with Gasteiger partial charge in [-0.25, -0.2) is 17.6 Å². The molecule has 0 aliphatic carbocycles. The molecule has 0 radical (unpaired) electrons. The van der Waals surface area contributed by atoms with Gasteiger partial charge in [-0.15, -0.1) is 0 Å². The summed E-state index contributed by atoms with van der Waals surface area (Å²) in [5, 5.41) is 5.73. The molecule has 0 fully saturated rings. The van der Waals surface area contributed by atoms with E-state index < -0.39 is 23.3 Å². The van der Waals surface area contributed by atoms with Gasteiger partial charge >= 0.3 is 0 Å². The number of aliphatic imine (C=N–C) groups is 1. The number of hydrogen-bond donors (Lipinski definition) is 2. The predicted octanol–water partition coefficient (Wildman–Crippen LogP) is 3.15. The molecule has 0 saturated heterocycles. The summed E-state index contributed by atoms with van der Waals surface area (Å²) in [4.78, 5) is 3.94. The van der Waals surface area contributed by atoms with E-state index in [0.717, 1.165) is 36.4 Å². The third-order valence-corrected chi connectivity index (χ3v) is 3.37. The highest BCUT2D eigenvalue weighted by molar-refractivity contribution is 5.79. The summed E-state index contributed by atoms with van der Waals surface area (Å²) in [7, 11) is 1.51. The van der Waals surface area contributed by atoms with Crippen molar-refractivity contribution in [2.45, 2.75) is 13.0 Å². The molecular weight excluding hydrogens is 322 g/mol. The van der Waals surface area contributed by atoms with Gasteiger partial charge in [0.05, 0.1) is 0 Å². The lowest BCUT2D eigenvalue weighted by Crippen LogP contribution is -2.38. The Hall–Kier alpha value is -2.57. The number of halogens is 4. The molecule has 24 heavy (non-hydrogen) atoms. The lowest BCUT2D eigenvalue weighted by atomic mass is 10.1. The van der Waals surface area contributed by atoms with Crippen LogP contribution in [-0.4, -0.2) is 19.6 Å². The maximum atomic E-state index is 13.5. The van der Waals surface area contributed by atoms with Crippen LogP contribution >= 0.6 is 0 Å². The SMILES string of the molecule is CN=C(NCCc1cc(F)ccc1F)NCc1cc(F)ccc1F. The van der Waals surface area contributed by atoms with Crippen molar-refractivity contribution in [1.29, 1.82) is 0 Å². The molecule has 0 amide bonds. The van der Waals surface area contributed by atoms with Crippen LogP contribution in [0.3, 0.4) is 0 Å². The molecule has 3 nitrogen and oxygen atoms in total. The van der Waals surface area contributed by atoms with Crippen LogP contribution in [0.4, 0.5) is 17.6 Å². The van der Waals surface area contributed by atoms with Crippen molar-refractivity contribution in [1.82, 2.24) is 10.6 Å². The zero-order chi connectivity index (χ0) is 17.5. The molecule has 0 spiro atoms. The molecule has 2 aromatic carbocycles. The van der Waals surface area contributed by atoms with Crippen molar-refractivity contribution in [3.63, 3.8) is 0 Å². The van der Waals surface area contributed by atoms with Gasteiger partial charge in [0, 0.05) is 25.7 Å². The van der Waals surface area contributed by atoms with Gasteiger partial charge in [-0.05, 0) is 48.4 Å². The Morgan fingerprint density at radius 2 is 1.46 bits per heavy atom. The maximum Gasteiger partial charge on any atom is 0.191 e. The topological polar surface area (TPSA) is 36.4 Å². The summed E-state index contributed by atoms with van der Waals surface area (Å²) in [5.41, 5.74) is 0.406. The molecule has 0 saturated carbocycles. The van der Waals surface area contributed by atoms with Crippen LogP contribution in [0.25, 0.3) is 0 Å². The van der Waals surface area contributed by atoms with Crippen LogP contribution in [-0.2, 0) is 13.0 Å². The number of guanidine groups is 1. The third-order valence-electron chi connectivity index (χ3n) is 3.37. The first-order valence-electron chi connectivity index (χ1n) is 7.32. The Kier molecular flexibility index (Phi) is 6.17. The van der Waals surface area contributed by atoms with Gasteiger partial charge in [-0.1, -0.05) is 0 Å². The molecule has 2 rings (SSSR count). The Balaban J connectivity index is 1.86. The third kappa shape index (κ3) is 4.97. The van der Waals surface area contributed by atoms with E-state index in [1.165, 1.54) is 7.05 Å². The second-order valence-corrected chi connectivity index (χ2v) is 5.07. The zero-order valence-corrected chi connectivity index (χ0v) is 13.0. The van der Waals surface area contributed by atoms with Crippen molar-refractivity contribution in [3.8, 4) is 0 Å². The second-order valence-electron chi connectivity index (χ2n) is 5.07. The van der Waals surface area contributed by atoms with Crippen LogP contribution < -0.4 is 10.6 Å². The van der Waals surface area contributed by atoms with Crippen molar-refractivity contribution in [2.75, 3.05) is 13.6 Å². The summed E-state index contributed by atoms with van der Waals surface area (Å²) in [6.07, 6.45) is 0.249. The first kappa shape index (κ1) is 17.8. The summed E-state index contributed by atoms with van der Waals surface area (Å²) in [5.74, 6) is -1.70. The fourth-order valence-electron chi connectivity index (χ4n) is 2.13. The fraction of sp³-hybridized carbons (Fsp3) is 0.235. The Labute approximate surface area is 137 Å². The minimum absolute atomic E-state index is 0.0393. The van der Waals surface area contributed by atoms with E-state index in [4.69, 9.17) is 0 Å². The number of nitrogens with zero attached hydrogens (tertiary/aromatic N) is 1. The Morgan fingerprint density at radius 1 is 0.875 bits per heavy atom. The quantitative estimate of drug-likeness (QED) is 0.499. The van der Waals surface area contributed by atoms with E-state index in [-0.39, 0.29) is 24.1 Å². The molecular formula is C17H17F4N3. The summed E-state index contributed by atoms with van der Waals surface area (Å²) in [6.45, 7) is 0.337. The van der Waals surface area contributed by atoms with E-state index in [2.05, 4.69) is 15.6 Å². The van der Waals surface area contributed by atoms with Gasteiger partial charge in [-0.3, -0.25) is 4.99 Å². The van der Waals surface area contributed by atoms with Crippen LogP contribution in [0.5, 0.6) is 0 Å². The van der Waals surface area contributed by atoms with Gasteiger partial charge in [0.25, 0.3) is 0 Å². The number of rotatable bonds is 5. The minimum atomic E-state index is -0.530. The lowest BCUT2D eigenvalue weighted by molar-refractivity contribution is 0.579. The minimum Gasteiger partial charge on any atom is -0.356 e. The average molecular weight is 339 g/mol. The van der Waals surface area contributed by atoms with Crippen LogP contribution in [0.2, 0.25) is 0 Å². The second kappa shape index (κ2) is 8.33. The lowest BCUT2D eigenvalue weighted by Gasteiger charge is -2.12. The monoisotopic (exact) mass is 339 g/mol.